The summed E-state index contributed by atoms with van der Waals surface area (Å²) in [5.41, 5.74) is 2.95. The van der Waals surface area contributed by atoms with E-state index >= 15 is 0 Å². The first-order chi connectivity index (χ1) is 10.6. The van der Waals surface area contributed by atoms with Gasteiger partial charge in [0.1, 0.15) is 10.6 Å². The topological polar surface area (TPSA) is 44.8 Å². The van der Waals surface area contributed by atoms with Crippen molar-refractivity contribution in [3.05, 3.63) is 28.1 Å². The predicted octanol–water partition coefficient (Wildman–Crippen LogP) is 2.46. The van der Waals surface area contributed by atoms with Crippen LogP contribution in [-0.4, -0.2) is 56.2 Å². The van der Waals surface area contributed by atoms with Crippen LogP contribution >= 0.6 is 22.9 Å². The molecule has 1 aromatic heterocycles. The molecule has 1 fully saturated rings. The molecular weight excluding hydrogens is 322 g/mol. The number of nitrogens with one attached hydrogen (secondary N) is 1. The number of nitrogens with zero attached hydrogens (tertiary/aromatic N) is 2. The van der Waals surface area contributed by atoms with Crippen molar-refractivity contribution in [3.8, 4) is 5.75 Å². The smallest absolute Gasteiger partial charge is 0.277 e. The third-order valence-corrected chi connectivity index (χ3v) is 5.48. The molecule has 1 saturated heterocycles. The summed E-state index contributed by atoms with van der Waals surface area (Å²) in [6.07, 6.45) is 0. The third-order valence-electron chi connectivity index (χ3n) is 3.80. The molecule has 1 aliphatic heterocycles. The molecule has 22 heavy (non-hydrogen) atoms. The Kier molecular flexibility index (Phi) is 4.54. The van der Waals surface area contributed by atoms with Gasteiger partial charge in [0, 0.05) is 36.3 Å². The zero-order chi connectivity index (χ0) is 15.7. The summed E-state index contributed by atoms with van der Waals surface area (Å²) in [5, 5.41) is 3.30. The highest BCUT2D eigenvalue weighted by Crippen LogP contribution is 2.37. The van der Waals surface area contributed by atoms with Crippen molar-refractivity contribution >= 4 is 38.9 Å². The lowest BCUT2D eigenvalue weighted by atomic mass is 10.2. The Balaban J connectivity index is 1.80. The molecule has 0 spiro atoms. The number of methoxy groups -OCH3 is 1. The summed E-state index contributed by atoms with van der Waals surface area (Å²) in [4.78, 5) is 15.3. The van der Waals surface area contributed by atoms with Crippen LogP contribution in [0.3, 0.4) is 0 Å². The Hall–Kier alpha value is -1.34. The van der Waals surface area contributed by atoms with Crippen LogP contribution < -0.4 is 10.2 Å². The molecule has 1 aromatic carbocycles. The number of carbonyl (C=O) groups excluding carboxylic acids is 1. The summed E-state index contributed by atoms with van der Waals surface area (Å²) >= 11 is 7.79. The van der Waals surface area contributed by atoms with Gasteiger partial charge in [0.15, 0.2) is 0 Å². The summed E-state index contributed by atoms with van der Waals surface area (Å²) in [7, 11) is 3.69. The zero-order valence-corrected chi connectivity index (χ0v) is 14.1. The van der Waals surface area contributed by atoms with Gasteiger partial charge in [-0.3, -0.25) is 10.2 Å². The van der Waals surface area contributed by atoms with Crippen molar-refractivity contribution in [3.63, 3.8) is 0 Å². The second-order valence-corrected chi connectivity index (χ2v) is 6.77. The molecule has 0 radical (unpaired) electrons. The number of fused-ring (bicyclic) bond motifs is 1. The van der Waals surface area contributed by atoms with Gasteiger partial charge in [-0.25, -0.2) is 5.01 Å². The first-order valence-electron chi connectivity index (χ1n) is 7.09. The van der Waals surface area contributed by atoms with Gasteiger partial charge in [0.25, 0.3) is 5.91 Å². The lowest BCUT2D eigenvalue weighted by Gasteiger charge is -2.32. The first-order valence-corrected chi connectivity index (χ1v) is 8.28. The fourth-order valence-corrected chi connectivity index (χ4v) is 3.81. The number of ether oxygens (including phenoxy) is 1. The summed E-state index contributed by atoms with van der Waals surface area (Å²) in [6.45, 7) is 3.52. The molecule has 3 rings (SSSR count). The van der Waals surface area contributed by atoms with Gasteiger partial charge >= 0.3 is 0 Å². The van der Waals surface area contributed by atoms with Crippen LogP contribution in [0, 0.1) is 0 Å². The van der Waals surface area contributed by atoms with Crippen LogP contribution in [0.25, 0.3) is 10.1 Å². The Morgan fingerprint density at radius 1 is 1.32 bits per heavy atom. The standard InChI is InChI=1S/C15H18ClN3O2S/c1-18-5-7-19(8-6-18)17-15(20)14-13(16)11-9-10(21-2)3-4-12(11)22-14/h3-4,9H,5-8H2,1-2H3,(H,17,20). The van der Waals surface area contributed by atoms with Crippen LogP contribution in [0.4, 0.5) is 0 Å². The van der Waals surface area contributed by atoms with Gasteiger partial charge in [-0.15, -0.1) is 11.3 Å². The fraction of sp³-hybridized carbons (Fsp3) is 0.400. The molecular formula is C15H18ClN3O2S. The van der Waals surface area contributed by atoms with Gasteiger partial charge in [-0.2, -0.15) is 0 Å². The van der Waals surface area contributed by atoms with Crippen molar-refractivity contribution in [2.75, 3.05) is 40.3 Å². The first kappa shape index (κ1) is 15.6. The number of hydrogen-bond acceptors (Lipinski definition) is 5. The van der Waals surface area contributed by atoms with Crippen LogP contribution in [0.2, 0.25) is 5.02 Å². The van der Waals surface area contributed by atoms with E-state index in [4.69, 9.17) is 16.3 Å². The third kappa shape index (κ3) is 3.05. The highest BCUT2D eigenvalue weighted by molar-refractivity contribution is 7.21. The molecule has 2 aromatic rings. The largest absolute Gasteiger partial charge is 0.497 e. The second-order valence-electron chi connectivity index (χ2n) is 5.34. The number of amides is 1. The molecule has 1 N–H and O–H groups in total. The Morgan fingerprint density at radius 3 is 2.73 bits per heavy atom. The quantitative estimate of drug-likeness (QED) is 0.933. The van der Waals surface area contributed by atoms with Crippen LogP contribution in [0.15, 0.2) is 18.2 Å². The maximum absolute atomic E-state index is 12.5. The van der Waals surface area contributed by atoms with Crippen molar-refractivity contribution in [1.82, 2.24) is 15.3 Å². The van der Waals surface area contributed by atoms with Gasteiger partial charge in [0.2, 0.25) is 0 Å². The van der Waals surface area contributed by atoms with Crippen LogP contribution in [0.5, 0.6) is 5.75 Å². The zero-order valence-electron chi connectivity index (χ0n) is 12.6. The van der Waals surface area contributed by atoms with Gasteiger partial charge < -0.3 is 9.64 Å². The number of likely N-dealkylation sites (N-methyl/N-ethyl adjacent to an activating group) is 1. The van der Waals surface area contributed by atoms with E-state index < -0.39 is 0 Å². The van der Waals surface area contributed by atoms with Gasteiger partial charge in [0.05, 0.1) is 12.1 Å². The number of rotatable bonds is 3. The van der Waals surface area contributed by atoms with E-state index in [1.54, 1.807) is 7.11 Å². The molecule has 0 atom stereocenters. The van der Waals surface area contributed by atoms with Gasteiger partial charge in [-0.05, 0) is 25.2 Å². The highest BCUT2D eigenvalue weighted by atomic mass is 35.5. The molecule has 1 aliphatic rings. The minimum absolute atomic E-state index is 0.144. The molecule has 7 heteroatoms. The number of carbonyl (C=O) groups is 1. The Morgan fingerprint density at radius 2 is 2.05 bits per heavy atom. The molecule has 0 saturated carbocycles. The fourth-order valence-electron chi connectivity index (χ4n) is 2.43. The molecule has 5 nitrogen and oxygen atoms in total. The van der Waals surface area contributed by atoms with E-state index in [0.717, 1.165) is 42.0 Å². The Bertz CT molecular complexity index is 695. The molecule has 0 bridgehead atoms. The minimum atomic E-state index is -0.144. The molecule has 1 amide bonds. The van der Waals surface area contributed by atoms with Crippen molar-refractivity contribution in [1.29, 1.82) is 0 Å². The van der Waals surface area contributed by atoms with E-state index in [1.165, 1.54) is 11.3 Å². The van der Waals surface area contributed by atoms with Crippen molar-refractivity contribution in [2.45, 2.75) is 0 Å². The number of benzene rings is 1. The average molecular weight is 340 g/mol. The summed E-state index contributed by atoms with van der Waals surface area (Å²) in [6, 6.07) is 5.66. The van der Waals surface area contributed by atoms with Crippen LogP contribution in [0.1, 0.15) is 9.67 Å². The van der Waals surface area contributed by atoms with E-state index in [1.807, 2.05) is 23.2 Å². The number of piperazine rings is 1. The van der Waals surface area contributed by atoms with Crippen molar-refractivity contribution < 1.29 is 9.53 Å². The maximum Gasteiger partial charge on any atom is 0.277 e. The monoisotopic (exact) mass is 339 g/mol. The number of thiophene rings is 1. The molecule has 118 valence electrons. The average Bonchev–Trinajstić information content (AvgIpc) is 2.86. The maximum atomic E-state index is 12.5. The lowest BCUT2D eigenvalue weighted by Crippen LogP contribution is -2.52. The SMILES string of the molecule is COc1ccc2sc(C(=O)NN3CCN(C)CC3)c(Cl)c2c1. The minimum Gasteiger partial charge on any atom is -0.497 e. The molecule has 0 unspecified atom stereocenters. The van der Waals surface area contributed by atoms with Crippen molar-refractivity contribution in [2.24, 2.45) is 0 Å². The van der Waals surface area contributed by atoms with Crippen LogP contribution in [-0.2, 0) is 0 Å². The number of hydrazine groups is 1. The van der Waals surface area contributed by atoms with Gasteiger partial charge in [-0.1, -0.05) is 11.6 Å². The number of halogens is 1. The van der Waals surface area contributed by atoms with E-state index in [9.17, 15) is 4.79 Å². The highest BCUT2D eigenvalue weighted by Gasteiger charge is 2.21. The molecule has 0 aliphatic carbocycles. The van der Waals surface area contributed by atoms with E-state index in [2.05, 4.69) is 17.4 Å². The second kappa shape index (κ2) is 6.42. The number of hydrogen-bond donors (Lipinski definition) is 1. The normalized spacial score (nSPS) is 16.9. The van der Waals surface area contributed by atoms with E-state index in [-0.39, 0.29) is 5.91 Å². The summed E-state index contributed by atoms with van der Waals surface area (Å²) in [5.74, 6) is 0.591. The van der Waals surface area contributed by atoms with E-state index in [0.29, 0.717) is 9.90 Å². The Labute approximate surface area is 138 Å². The molecule has 2 heterocycles. The lowest BCUT2D eigenvalue weighted by molar-refractivity contribution is 0.0666. The summed E-state index contributed by atoms with van der Waals surface area (Å²) < 4.78 is 6.19. The predicted molar refractivity (Wildman–Crippen MR) is 89.9 cm³/mol.